The molecule has 2 saturated carbocycles. The second-order valence-corrected chi connectivity index (χ2v) is 5.90. The molecule has 3 nitrogen and oxygen atoms in total. The van der Waals surface area contributed by atoms with Crippen molar-refractivity contribution in [1.82, 2.24) is 10.6 Å². The lowest BCUT2D eigenvalue weighted by Gasteiger charge is -2.22. The molecular weight excluding hydrogens is 200 g/mol. The molecule has 0 aromatic carbocycles. The van der Waals surface area contributed by atoms with Crippen LogP contribution in [-0.2, 0) is 4.79 Å². The Morgan fingerprint density at radius 2 is 2.12 bits per heavy atom. The lowest BCUT2D eigenvalue weighted by atomic mass is 9.89. The van der Waals surface area contributed by atoms with E-state index < -0.39 is 0 Å². The minimum atomic E-state index is 0.228. The Bertz CT molecular complexity index is 279. The number of rotatable bonds is 4. The van der Waals surface area contributed by atoms with E-state index in [0.717, 1.165) is 37.1 Å². The van der Waals surface area contributed by atoms with E-state index in [1.54, 1.807) is 0 Å². The second kappa shape index (κ2) is 4.36. The molecule has 90 valence electrons. The summed E-state index contributed by atoms with van der Waals surface area (Å²) in [7, 11) is 0. The topological polar surface area (TPSA) is 41.1 Å². The number of carbonyl (C=O) groups excluding carboxylic acids is 1. The number of carbonyl (C=O) groups is 1. The molecule has 0 spiro atoms. The number of nitrogens with one attached hydrogen (secondary N) is 2. The fourth-order valence-electron chi connectivity index (χ4n) is 3.90. The zero-order valence-corrected chi connectivity index (χ0v) is 9.87. The molecule has 0 aromatic heterocycles. The summed E-state index contributed by atoms with van der Waals surface area (Å²) in [5.41, 5.74) is 0. The summed E-state index contributed by atoms with van der Waals surface area (Å²) in [6, 6.07) is 0.395. The first-order valence-corrected chi connectivity index (χ1v) is 6.81. The van der Waals surface area contributed by atoms with E-state index in [2.05, 4.69) is 10.6 Å². The molecule has 3 aliphatic rings. The Hall–Kier alpha value is -0.570. The molecule has 16 heavy (non-hydrogen) atoms. The third-order valence-corrected chi connectivity index (χ3v) is 4.77. The minimum absolute atomic E-state index is 0.228. The molecule has 2 bridgehead atoms. The first-order valence-electron chi connectivity index (χ1n) is 6.81. The first-order chi connectivity index (χ1) is 7.81. The number of amides is 1. The Balaban J connectivity index is 1.36. The molecule has 1 aliphatic heterocycles. The van der Waals surface area contributed by atoms with Gasteiger partial charge in [-0.25, -0.2) is 0 Å². The van der Waals surface area contributed by atoms with Crippen molar-refractivity contribution in [2.75, 3.05) is 13.1 Å². The summed E-state index contributed by atoms with van der Waals surface area (Å²) in [5, 5.41) is 6.57. The van der Waals surface area contributed by atoms with Gasteiger partial charge in [-0.2, -0.15) is 0 Å². The van der Waals surface area contributed by atoms with Crippen molar-refractivity contribution < 1.29 is 4.79 Å². The third kappa shape index (κ3) is 2.10. The summed E-state index contributed by atoms with van der Waals surface area (Å²) in [4.78, 5) is 11.0. The number of hydrogen-bond donors (Lipinski definition) is 2. The van der Waals surface area contributed by atoms with Crippen molar-refractivity contribution in [2.45, 2.75) is 44.6 Å². The van der Waals surface area contributed by atoms with Gasteiger partial charge in [0.1, 0.15) is 0 Å². The van der Waals surface area contributed by atoms with Gasteiger partial charge >= 0.3 is 0 Å². The average Bonchev–Trinajstić information content (AvgIpc) is 2.94. The third-order valence-electron chi connectivity index (χ3n) is 4.77. The summed E-state index contributed by atoms with van der Waals surface area (Å²) in [6.45, 7) is 2.15. The standard InChI is InChI=1S/C13H22N2O/c16-13-4-3-12(15-13)8-14-7-11-6-9-1-2-10(11)5-9/h9-12,14H,1-8H2,(H,15,16). The van der Waals surface area contributed by atoms with Crippen LogP contribution in [-0.4, -0.2) is 25.0 Å². The number of fused-ring (bicyclic) bond motifs is 2. The highest BCUT2D eigenvalue weighted by molar-refractivity contribution is 5.78. The maximum absolute atomic E-state index is 11.0. The summed E-state index contributed by atoms with van der Waals surface area (Å²) >= 11 is 0. The van der Waals surface area contributed by atoms with Gasteiger partial charge in [0.05, 0.1) is 0 Å². The van der Waals surface area contributed by atoms with E-state index in [1.165, 1.54) is 32.2 Å². The molecule has 1 saturated heterocycles. The van der Waals surface area contributed by atoms with Gasteiger partial charge in [-0.3, -0.25) is 4.79 Å². The zero-order valence-electron chi connectivity index (χ0n) is 9.87. The van der Waals surface area contributed by atoms with Gasteiger partial charge in [-0.1, -0.05) is 6.42 Å². The smallest absolute Gasteiger partial charge is 0.220 e. The van der Waals surface area contributed by atoms with E-state index in [-0.39, 0.29) is 5.91 Å². The van der Waals surface area contributed by atoms with Crippen LogP contribution in [0.3, 0.4) is 0 Å². The Morgan fingerprint density at radius 3 is 2.75 bits per heavy atom. The minimum Gasteiger partial charge on any atom is -0.352 e. The maximum atomic E-state index is 11.0. The van der Waals surface area contributed by atoms with Gasteiger partial charge in [0, 0.05) is 19.0 Å². The summed E-state index contributed by atoms with van der Waals surface area (Å²) < 4.78 is 0. The monoisotopic (exact) mass is 222 g/mol. The predicted molar refractivity (Wildman–Crippen MR) is 63.0 cm³/mol. The van der Waals surface area contributed by atoms with Crippen molar-refractivity contribution >= 4 is 5.91 Å². The fourth-order valence-corrected chi connectivity index (χ4v) is 3.90. The largest absolute Gasteiger partial charge is 0.352 e. The molecule has 0 aromatic rings. The van der Waals surface area contributed by atoms with Crippen LogP contribution in [0.1, 0.15) is 38.5 Å². The summed E-state index contributed by atoms with van der Waals surface area (Å²) in [6.07, 6.45) is 7.64. The van der Waals surface area contributed by atoms with Crippen LogP contribution < -0.4 is 10.6 Å². The van der Waals surface area contributed by atoms with Crippen LogP contribution in [0.4, 0.5) is 0 Å². The molecule has 3 rings (SSSR count). The van der Waals surface area contributed by atoms with Crippen molar-refractivity contribution in [1.29, 1.82) is 0 Å². The molecule has 4 atom stereocenters. The highest BCUT2D eigenvalue weighted by Crippen LogP contribution is 2.47. The van der Waals surface area contributed by atoms with Gasteiger partial charge in [-0.05, 0) is 50.0 Å². The van der Waals surface area contributed by atoms with Crippen LogP contribution >= 0.6 is 0 Å². The molecule has 1 amide bonds. The molecule has 2 aliphatic carbocycles. The molecule has 1 heterocycles. The van der Waals surface area contributed by atoms with Gasteiger partial charge in [0.15, 0.2) is 0 Å². The van der Waals surface area contributed by atoms with Crippen LogP contribution in [0.25, 0.3) is 0 Å². The lowest BCUT2D eigenvalue weighted by molar-refractivity contribution is -0.119. The van der Waals surface area contributed by atoms with E-state index in [4.69, 9.17) is 0 Å². The van der Waals surface area contributed by atoms with Crippen molar-refractivity contribution in [3.8, 4) is 0 Å². The van der Waals surface area contributed by atoms with E-state index >= 15 is 0 Å². The Labute approximate surface area is 97.4 Å². The molecule has 3 fully saturated rings. The lowest BCUT2D eigenvalue weighted by Crippen LogP contribution is -2.38. The first kappa shape index (κ1) is 10.6. The van der Waals surface area contributed by atoms with Crippen LogP contribution in [0.5, 0.6) is 0 Å². The maximum Gasteiger partial charge on any atom is 0.220 e. The number of hydrogen-bond acceptors (Lipinski definition) is 2. The molecule has 4 unspecified atom stereocenters. The molecule has 0 radical (unpaired) electrons. The Kier molecular flexibility index (Phi) is 2.88. The highest BCUT2D eigenvalue weighted by Gasteiger charge is 2.38. The molecular formula is C13H22N2O. The van der Waals surface area contributed by atoms with Gasteiger partial charge < -0.3 is 10.6 Å². The van der Waals surface area contributed by atoms with Gasteiger partial charge in [-0.15, -0.1) is 0 Å². The Morgan fingerprint density at radius 1 is 1.19 bits per heavy atom. The molecule has 2 N–H and O–H groups in total. The average molecular weight is 222 g/mol. The fraction of sp³-hybridized carbons (Fsp3) is 0.923. The van der Waals surface area contributed by atoms with Crippen LogP contribution in [0.2, 0.25) is 0 Å². The summed E-state index contributed by atoms with van der Waals surface area (Å²) in [5.74, 6) is 3.21. The van der Waals surface area contributed by atoms with E-state index in [1.807, 2.05) is 0 Å². The predicted octanol–water partition coefficient (Wildman–Crippen LogP) is 1.29. The normalized spacial score (nSPS) is 41.6. The second-order valence-electron chi connectivity index (χ2n) is 5.90. The van der Waals surface area contributed by atoms with Gasteiger partial charge in [0.25, 0.3) is 0 Å². The van der Waals surface area contributed by atoms with Crippen molar-refractivity contribution in [3.63, 3.8) is 0 Å². The van der Waals surface area contributed by atoms with Crippen LogP contribution in [0, 0.1) is 17.8 Å². The highest BCUT2D eigenvalue weighted by atomic mass is 16.1. The molecule has 3 heteroatoms. The van der Waals surface area contributed by atoms with E-state index in [0.29, 0.717) is 6.04 Å². The zero-order chi connectivity index (χ0) is 11.0. The quantitative estimate of drug-likeness (QED) is 0.752. The van der Waals surface area contributed by atoms with Crippen molar-refractivity contribution in [3.05, 3.63) is 0 Å². The SMILES string of the molecule is O=C1CCC(CNCC2CC3CCC2C3)N1. The van der Waals surface area contributed by atoms with E-state index in [9.17, 15) is 4.79 Å². The van der Waals surface area contributed by atoms with Crippen LogP contribution in [0.15, 0.2) is 0 Å². The van der Waals surface area contributed by atoms with Gasteiger partial charge in [0.2, 0.25) is 5.91 Å². The van der Waals surface area contributed by atoms with Crippen molar-refractivity contribution in [2.24, 2.45) is 17.8 Å².